The Hall–Kier alpha value is -2.34. The third-order valence-corrected chi connectivity index (χ3v) is 10.5. The van der Waals surface area contributed by atoms with E-state index in [9.17, 15) is 24.9 Å². The van der Waals surface area contributed by atoms with E-state index in [0.29, 0.717) is 23.2 Å². The van der Waals surface area contributed by atoms with Gasteiger partial charge in [0.25, 0.3) is 0 Å². The molecule has 210 valence electrons. The zero-order valence-electron chi connectivity index (χ0n) is 22.6. The predicted molar refractivity (Wildman–Crippen MR) is 136 cm³/mol. The van der Waals surface area contributed by atoms with Crippen LogP contribution >= 0.6 is 0 Å². The van der Waals surface area contributed by atoms with Gasteiger partial charge in [0, 0.05) is 36.4 Å². The first-order valence-electron chi connectivity index (χ1n) is 13.6. The number of benzene rings is 1. The SMILES string of the molecule is CNc1ccccc1C(=O)O[C@]12C[C@H]1[C@@H]1[C@@H]3O[C@@]34COC(C)(C)O[C@H]4[C@]3(O)C(=O)C(C)=C[C@H]3[C@@]1(O)[C@H](C)[C@H]2O. The van der Waals surface area contributed by atoms with Gasteiger partial charge in [-0.25, -0.2) is 4.79 Å². The summed E-state index contributed by atoms with van der Waals surface area (Å²) < 4.78 is 24.6. The molecule has 1 aromatic carbocycles. The summed E-state index contributed by atoms with van der Waals surface area (Å²) in [5, 5.41) is 39.6. The van der Waals surface area contributed by atoms with E-state index in [1.54, 1.807) is 65.1 Å². The molecule has 0 unspecified atom stereocenters. The Morgan fingerprint density at radius 1 is 1.18 bits per heavy atom. The first kappa shape index (κ1) is 25.6. The normalized spacial score (nSPS) is 50.2. The minimum atomic E-state index is -2.12. The van der Waals surface area contributed by atoms with Crippen LogP contribution in [0.5, 0.6) is 0 Å². The standard InChI is InChI=1S/C29H35NO9/c1-13-10-18-28(34)14(2)21(32)26(38-23(33)15-8-6-7-9-17(15)30-5)11-16(26)19(28)22-27(37-22)12-36-25(3,4)39-24(27)29(18,35)20(13)31/h6-10,14,16,18-19,21-22,24,30,32,34-35H,11-12H2,1-5H3/t14-,16+,18+,19-,21-,22+,24-,26-,27+,28+,29-/m1/s1. The van der Waals surface area contributed by atoms with Crippen LogP contribution in [0.3, 0.4) is 0 Å². The van der Waals surface area contributed by atoms with Crippen molar-refractivity contribution in [3.8, 4) is 0 Å². The van der Waals surface area contributed by atoms with Crippen molar-refractivity contribution in [1.82, 2.24) is 0 Å². The first-order chi connectivity index (χ1) is 18.3. The summed E-state index contributed by atoms with van der Waals surface area (Å²) in [6, 6.07) is 6.96. The van der Waals surface area contributed by atoms with Crippen molar-refractivity contribution < 1.29 is 43.9 Å². The summed E-state index contributed by atoms with van der Waals surface area (Å²) in [4.78, 5) is 27.0. The molecule has 3 saturated carbocycles. The molecule has 0 amide bonds. The maximum atomic E-state index is 13.6. The molecule has 0 radical (unpaired) electrons. The third-order valence-electron chi connectivity index (χ3n) is 10.5. The lowest BCUT2D eigenvalue weighted by Crippen LogP contribution is -2.70. The highest BCUT2D eigenvalue weighted by atomic mass is 16.8. The molecule has 2 saturated heterocycles. The molecule has 2 heterocycles. The van der Waals surface area contributed by atoms with Crippen molar-refractivity contribution >= 4 is 17.4 Å². The van der Waals surface area contributed by atoms with Gasteiger partial charge in [-0.2, -0.15) is 0 Å². The van der Waals surface area contributed by atoms with Gasteiger partial charge >= 0.3 is 5.97 Å². The number of aliphatic hydroxyl groups is 3. The highest BCUT2D eigenvalue weighted by Gasteiger charge is 2.88. The molecule has 11 atom stereocenters. The molecular formula is C29H35NO9. The van der Waals surface area contributed by atoms with Gasteiger partial charge in [0.1, 0.15) is 17.3 Å². The van der Waals surface area contributed by atoms with Crippen LogP contribution in [0.15, 0.2) is 35.9 Å². The Kier molecular flexibility index (Phi) is 4.92. The number of carbonyl (C=O) groups is 2. The molecule has 10 heteroatoms. The van der Waals surface area contributed by atoms with Crippen molar-refractivity contribution in [2.75, 3.05) is 19.0 Å². The number of epoxide rings is 1. The summed E-state index contributed by atoms with van der Waals surface area (Å²) in [5.41, 5.74) is -5.01. The van der Waals surface area contributed by atoms with E-state index in [2.05, 4.69) is 5.32 Å². The van der Waals surface area contributed by atoms with Gasteiger partial charge in [-0.3, -0.25) is 4.79 Å². The maximum Gasteiger partial charge on any atom is 0.340 e. The van der Waals surface area contributed by atoms with E-state index in [1.165, 1.54) is 0 Å². The minimum Gasteiger partial charge on any atom is -0.452 e. The molecule has 0 aromatic heterocycles. The molecule has 2 aliphatic heterocycles. The van der Waals surface area contributed by atoms with Gasteiger partial charge in [0.15, 0.2) is 17.2 Å². The number of aliphatic hydroxyl groups excluding tert-OH is 1. The van der Waals surface area contributed by atoms with Gasteiger partial charge in [-0.1, -0.05) is 25.1 Å². The lowest BCUT2D eigenvalue weighted by molar-refractivity contribution is -0.329. The largest absolute Gasteiger partial charge is 0.452 e. The summed E-state index contributed by atoms with van der Waals surface area (Å²) in [5.74, 6) is -5.26. The Balaban J connectivity index is 1.33. The highest BCUT2D eigenvalue weighted by Crippen LogP contribution is 2.73. The molecular weight excluding hydrogens is 506 g/mol. The average Bonchev–Trinajstić information content (AvgIpc) is 3.80. The third kappa shape index (κ3) is 2.92. The Labute approximate surface area is 226 Å². The van der Waals surface area contributed by atoms with Gasteiger partial charge in [0.05, 0.1) is 30.0 Å². The van der Waals surface area contributed by atoms with Crippen molar-refractivity contribution in [2.45, 2.75) is 80.6 Å². The molecule has 4 N–H and O–H groups in total. The van der Waals surface area contributed by atoms with Crippen LogP contribution in [-0.2, 0) is 23.7 Å². The number of para-hydroxylation sites is 1. The molecule has 6 aliphatic rings. The lowest BCUT2D eigenvalue weighted by Gasteiger charge is -2.54. The van der Waals surface area contributed by atoms with Crippen molar-refractivity contribution in [3.63, 3.8) is 0 Å². The van der Waals surface area contributed by atoms with Crippen LogP contribution in [0.25, 0.3) is 0 Å². The average molecular weight is 542 g/mol. The van der Waals surface area contributed by atoms with E-state index in [-0.39, 0.29) is 6.61 Å². The number of esters is 1. The fourth-order valence-electron chi connectivity index (χ4n) is 8.41. The molecule has 5 fully saturated rings. The van der Waals surface area contributed by atoms with Crippen LogP contribution in [-0.4, -0.2) is 87.2 Å². The number of rotatable bonds is 3. The molecule has 39 heavy (non-hydrogen) atoms. The van der Waals surface area contributed by atoms with Crippen LogP contribution in [0.2, 0.25) is 0 Å². The maximum absolute atomic E-state index is 13.6. The van der Waals surface area contributed by atoms with Gasteiger partial charge in [-0.15, -0.1) is 0 Å². The Bertz CT molecular complexity index is 1330. The Morgan fingerprint density at radius 3 is 2.62 bits per heavy atom. The van der Waals surface area contributed by atoms with Gasteiger partial charge in [0.2, 0.25) is 0 Å². The second-order valence-corrected chi connectivity index (χ2v) is 12.8. The van der Waals surface area contributed by atoms with Gasteiger partial charge < -0.3 is 39.6 Å². The van der Waals surface area contributed by atoms with Crippen molar-refractivity contribution in [2.24, 2.45) is 23.7 Å². The van der Waals surface area contributed by atoms with Crippen LogP contribution in [0.4, 0.5) is 5.69 Å². The number of Topliss-reactive ketones (excluding diaryl/α,β-unsaturated/α-hetero) is 1. The molecule has 0 bridgehead atoms. The van der Waals surface area contributed by atoms with Crippen LogP contribution in [0.1, 0.15) is 44.5 Å². The first-order valence-corrected chi connectivity index (χ1v) is 13.6. The number of ketones is 1. The quantitative estimate of drug-likeness (QED) is 0.325. The van der Waals surface area contributed by atoms with E-state index in [4.69, 9.17) is 18.9 Å². The zero-order valence-corrected chi connectivity index (χ0v) is 22.6. The van der Waals surface area contributed by atoms with E-state index < -0.39 is 81.9 Å². The van der Waals surface area contributed by atoms with Crippen LogP contribution in [0, 0.1) is 23.7 Å². The summed E-state index contributed by atoms with van der Waals surface area (Å²) in [6.45, 7) is 6.78. The second kappa shape index (κ2) is 7.48. The summed E-state index contributed by atoms with van der Waals surface area (Å²) in [6.07, 6.45) is -1.04. The molecule has 1 spiro atoms. The smallest absolute Gasteiger partial charge is 0.340 e. The van der Waals surface area contributed by atoms with Crippen molar-refractivity contribution in [1.29, 1.82) is 0 Å². The lowest BCUT2D eigenvalue weighted by atomic mass is 9.58. The summed E-state index contributed by atoms with van der Waals surface area (Å²) >= 11 is 0. The number of ether oxygens (including phenoxy) is 4. The topological polar surface area (TPSA) is 147 Å². The highest BCUT2D eigenvalue weighted by molar-refractivity contribution is 6.05. The second-order valence-electron chi connectivity index (χ2n) is 12.8. The predicted octanol–water partition coefficient (Wildman–Crippen LogP) is 1.18. The molecule has 1 aromatic rings. The Morgan fingerprint density at radius 2 is 1.90 bits per heavy atom. The van der Waals surface area contributed by atoms with E-state index >= 15 is 0 Å². The molecule has 10 nitrogen and oxygen atoms in total. The number of carbonyl (C=O) groups excluding carboxylic acids is 2. The van der Waals surface area contributed by atoms with Crippen molar-refractivity contribution in [3.05, 3.63) is 41.5 Å². The monoisotopic (exact) mass is 541 g/mol. The fraction of sp³-hybridized carbons (Fsp3) is 0.655. The molecule has 4 aliphatic carbocycles. The van der Waals surface area contributed by atoms with E-state index in [1.807, 2.05) is 0 Å². The van der Waals surface area contributed by atoms with Crippen LogP contribution < -0.4 is 5.32 Å². The van der Waals surface area contributed by atoms with Gasteiger partial charge in [-0.05, 0) is 44.9 Å². The molecule has 7 rings (SSSR count). The number of nitrogens with one attached hydrogen (secondary N) is 1. The number of hydrogen-bond donors (Lipinski definition) is 4. The van der Waals surface area contributed by atoms with E-state index in [0.717, 1.165) is 0 Å². The zero-order chi connectivity index (χ0) is 27.9. The minimum absolute atomic E-state index is 0.0647. The summed E-state index contributed by atoms with van der Waals surface area (Å²) in [7, 11) is 1.71. The number of hydrogen-bond acceptors (Lipinski definition) is 10. The number of anilines is 1. The number of fused-ring (bicyclic) bond motifs is 7. The fourth-order valence-corrected chi connectivity index (χ4v) is 8.41.